The van der Waals surface area contributed by atoms with E-state index in [0.717, 1.165) is 0 Å². The van der Waals surface area contributed by atoms with Crippen LogP contribution in [0.4, 0.5) is 4.39 Å². The van der Waals surface area contributed by atoms with Crippen LogP contribution in [0.1, 0.15) is 16.1 Å². The van der Waals surface area contributed by atoms with Crippen molar-refractivity contribution in [2.75, 3.05) is 0 Å². The zero-order valence-corrected chi connectivity index (χ0v) is 9.89. The first kappa shape index (κ1) is 12.4. The number of rotatable bonds is 3. The summed E-state index contributed by atoms with van der Waals surface area (Å²) in [4.78, 5) is 19.0. The summed E-state index contributed by atoms with van der Waals surface area (Å²) in [6.07, 6.45) is 2.44. The summed E-state index contributed by atoms with van der Waals surface area (Å²) in [6.45, 7) is -0.157. The number of carbonyl (C=O) groups is 1. The lowest BCUT2D eigenvalue weighted by molar-refractivity contribution is 0.0461. The van der Waals surface area contributed by atoms with Gasteiger partial charge in [-0.05, 0) is 6.07 Å². The van der Waals surface area contributed by atoms with Crippen LogP contribution in [0.3, 0.4) is 0 Å². The molecule has 0 bridgehead atoms. The predicted octanol–water partition coefficient (Wildman–Crippen LogP) is 2.63. The minimum Gasteiger partial charge on any atom is -0.456 e. The van der Waals surface area contributed by atoms with Crippen molar-refractivity contribution >= 4 is 17.6 Å². The number of hydrogen-bond donors (Lipinski definition) is 0. The fourth-order valence-corrected chi connectivity index (χ4v) is 1.35. The molecule has 0 amide bonds. The molecule has 0 radical (unpaired) electrons. The summed E-state index contributed by atoms with van der Waals surface area (Å²) >= 11 is 5.53. The van der Waals surface area contributed by atoms with E-state index in [0.29, 0.717) is 5.56 Å². The summed E-state index contributed by atoms with van der Waals surface area (Å²) in [5.41, 5.74) is 0.323. The average Bonchev–Trinajstić information content (AvgIpc) is 2.38. The van der Waals surface area contributed by atoms with Gasteiger partial charge in [-0.3, -0.25) is 0 Å². The molecule has 0 aliphatic rings. The Hall–Kier alpha value is -2.01. The van der Waals surface area contributed by atoms with Crippen LogP contribution < -0.4 is 0 Å². The van der Waals surface area contributed by atoms with Crippen LogP contribution in [0.2, 0.25) is 5.15 Å². The van der Waals surface area contributed by atoms with E-state index in [2.05, 4.69) is 9.97 Å². The van der Waals surface area contributed by atoms with Gasteiger partial charge in [-0.15, -0.1) is 0 Å². The average molecular weight is 267 g/mol. The second kappa shape index (κ2) is 5.55. The van der Waals surface area contributed by atoms with Gasteiger partial charge in [0.1, 0.15) is 17.6 Å². The van der Waals surface area contributed by atoms with E-state index >= 15 is 0 Å². The molecule has 0 fully saturated rings. The molecule has 0 saturated carbocycles. The van der Waals surface area contributed by atoms with Crippen LogP contribution in [-0.2, 0) is 11.3 Å². The Balaban J connectivity index is 2.01. The topological polar surface area (TPSA) is 52.1 Å². The Morgan fingerprint density at radius 1 is 1.28 bits per heavy atom. The summed E-state index contributed by atoms with van der Waals surface area (Å²) in [6, 6.07) is 6.06. The van der Waals surface area contributed by atoms with Gasteiger partial charge in [0.05, 0.1) is 12.4 Å². The van der Waals surface area contributed by atoms with E-state index in [9.17, 15) is 9.18 Å². The maximum atomic E-state index is 13.3. The zero-order chi connectivity index (χ0) is 13.0. The molecule has 92 valence electrons. The Morgan fingerprint density at radius 2 is 2.06 bits per heavy atom. The minimum atomic E-state index is -0.678. The van der Waals surface area contributed by atoms with E-state index in [1.807, 2.05) is 0 Å². The van der Waals surface area contributed by atoms with Crippen LogP contribution >= 0.6 is 11.6 Å². The predicted molar refractivity (Wildman–Crippen MR) is 62.6 cm³/mol. The molecule has 2 aromatic rings. The third kappa shape index (κ3) is 3.01. The van der Waals surface area contributed by atoms with Gasteiger partial charge in [0.15, 0.2) is 5.69 Å². The van der Waals surface area contributed by atoms with Crippen LogP contribution in [0, 0.1) is 5.82 Å². The van der Waals surface area contributed by atoms with Gasteiger partial charge in [-0.2, -0.15) is 0 Å². The Morgan fingerprint density at radius 3 is 2.72 bits per heavy atom. The highest BCUT2D eigenvalue weighted by Gasteiger charge is 2.10. The number of nitrogens with zero attached hydrogens (tertiary/aromatic N) is 2. The van der Waals surface area contributed by atoms with Crippen molar-refractivity contribution in [1.82, 2.24) is 9.97 Å². The second-order valence-electron chi connectivity index (χ2n) is 3.39. The summed E-state index contributed by atoms with van der Waals surface area (Å²) in [7, 11) is 0. The molecule has 1 heterocycles. The molecule has 2 rings (SSSR count). The first-order valence-corrected chi connectivity index (χ1v) is 5.42. The smallest absolute Gasteiger partial charge is 0.358 e. The third-order valence-electron chi connectivity index (χ3n) is 2.15. The minimum absolute atomic E-state index is 0.0238. The molecule has 0 saturated heterocycles. The number of aromatic nitrogens is 2. The second-order valence-corrected chi connectivity index (χ2v) is 3.78. The maximum absolute atomic E-state index is 13.3. The molecule has 0 spiro atoms. The van der Waals surface area contributed by atoms with E-state index in [4.69, 9.17) is 16.3 Å². The molecule has 0 aliphatic carbocycles. The normalized spacial score (nSPS) is 10.1. The maximum Gasteiger partial charge on any atom is 0.358 e. The van der Waals surface area contributed by atoms with Crippen molar-refractivity contribution < 1.29 is 13.9 Å². The highest BCUT2D eigenvalue weighted by Crippen LogP contribution is 2.09. The Kier molecular flexibility index (Phi) is 3.84. The van der Waals surface area contributed by atoms with Crippen LogP contribution in [-0.4, -0.2) is 15.9 Å². The van der Waals surface area contributed by atoms with Crippen molar-refractivity contribution in [3.8, 4) is 0 Å². The standard InChI is InChI=1S/C12H8ClFN2O2/c13-11-6-15-10(5-16-11)12(17)18-7-8-3-1-2-4-9(8)14/h1-6H,7H2. The van der Waals surface area contributed by atoms with Crippen molar-refractivity contribution in [1.29, 1.82) is 0 Å². The van der Waals surface area contributed by atoms with Gasteiger partial charge < -0.3 is 4.74 Å². The molecule has 4 nitrogen and oxygen atoms in total. The van der Waals surface area contributed by atoms with Crippen molar-refractivity contribution in [2.24, 2.45) is 0 Å². The third-order valence-corrected chi connectivity index (χ3v) is 2.34. The fraction of sp³-hybridized carbons (Fsp3) is 0.0833. The SMILES string of the molecule is O=C(OCc1ccccc1F)c1cnc(Cl)cn1. The van der Waals surface area contributed by atoms with E-state index in [1.54, 1.807) is 12.1 Å². The Bertz CT molecular complexity index is 560. The van der Waals surface area contributed by atoms with Gasteiger partial charge in [0.2, 0.25) is 0 Å². The highest BCUT2D eigenvalue weighted by atomic mass is 35.5. The molecule has 0 atom stereocenters. The number of halogens is 2. The Labute approximate surface area is 107 Å². The highest BCUT2D eigenvalue weighted by molar-refractivity contribution is 6.29. The van der Waals surface area contributed by atoms with E-state index < -0.39 is 11.8 Å². The number of hydrogen-bond acceptors (Lipinski definition) is 4. The van der Waals surface area contributed by atoms with Crippen LogP contribution in [0.25, 0.3) is 0 Å². The van der Waals surface area contributed by atoms with Gasteiger partial charge >= 0.3 is 5.97 Å². The summed E-state index contributed by atoms with van der Waals surface area (Å²) < 4.78 is 18.2. The van der Waals surface area contributed by atoms with Gasteiger partial charge in [0.25, 0.3) is 0 Å². The summed E-state index contributed by atoms with van der Waals surface area (Å²) in [5, 5.41) is 0.181. The molecule has 6 heteroatoms. The quantitative estimate of drug-likeness (QED) is 0.802. The lowest BCUT2D eigenvalue weighted by Gasteiger charge is -2.04. The van der Waals surface area contributed by atoms with Crippen molar-refractivity contribution in [3.63, 3.8) is 0 Å². The molecular formula is C12H8ClFN2O2. The van der Waals surface area contributed by atoms with Crippen LogP contribution in [0.15, 0.2) is 36.7 Å². The fourth-order valence-electron chi connectivity index (χ4n) is 1.25. The van der Waals surface area contributed by atoms with Gasteiger partial charge in [-0.25, -0.2) is 19.2 Å². The molecule has 1 aromatic heterocycles. The largest absolute Gasteiger partial charge is 0.456 e. The number of esters is 1. The monoisotopic (exact) mass is 266 g/mol. The van der Waals surface area contributed by atoms with E-state index in [-0.39, 0.29) is 17.5 Å². The number of carbonyl (C=O) groups excluding carboxylic acids is 1. The summed E-state index contributed by atoms with van der Waals surface area (Å²) in [5.74, 6) is -1.10. The number of ether oxygens (including phenoxy) is 1. The first-order valence-electron chi connectivity index (χ1n) is 5.05. The number of benzene rings is 1. The van der Waals surface area contributed by atoms with Crippen LogP contribution in [0.5, 0.6) is 0 Å². The van der Waals surface area contributed by atoms with Crippen molar-refractivity contribution in [3.05, 3.63) is 58.9 Å². The molecule has 0 N–H and O–H groups in total. The molecule has 0 aliphatic heterocycles. The lowest BCUT2D eigenvalue weighted by atomic mass is 10.2. The molecule has 1 aromatic carbocycles. The lowest BCUT2D eigenvalue weighted by Crippen LogP contribution is -2.08. The molecule has 18 heavy (non-hydrogen) atoms. The van der Waals surface area contributed by atoms with Crippen molar-refractivity contribution in [2.45, 2.75) is 6.61 Å². The van der Waals surface area contributed by atoms with E-state index in [1.165, 1.54) is 24.5 Å². The zero-order valence-electron chi connectivity index (χ0n) is 9.14. The van der Waals surface area contributed by atoms with Gasteiger partial charge in [0, 0.05) is 5.56 Å². The van der Waals surface area contributed by atoms with Gasteiger partial charge in [-0.1, -0.05) is 29.8 Å². The molecule has 0 unspecified atom stereocenters. The first-order chi connectivity index (χ1) is 8.66. The molecular weight excluding hydrogens is 259 g/mol.